The molecule has 4 heteroatoms. The Morgan fingerprint density at radius 2 is 2.00 bits per heavy atom. The Morgan fingerprint density at radius 3 is 2.56 bits per heavy atom. The molecule has 0 aliphatic rings. The quantitative estimate of drug-likeness (QED) is 0.878. The maximum Gasteiger partial charge on any atom is 0.239 e. The van der Waals surface area contributed by atoms with E-state index in [2.05, 4.69) is 22.9 Å². The summed E-state index contributed by atoms with van der Waals surface area (Å²) in [4.78, 5) is 13.7. The largest absolute Gasteiger partial charge is 0.340 e. The summed E-state index contributed by atoms with van der Waals surface area (Å²) in [5.41, 5.74) is 6.99. The first kappa shape index (κ1) is 15.2. The highest BCUT2D eigenvalue weighted by Gasteiger charge is 2.17. The minimum Gasteiger partial charge on any atom is -0.340 e. The number of nitrogens with two attached hydrogens (primary N) is 1. The van der Waals surface area contributed by atoms with E-state index in [1.165, 1.54) is 0 Å². The third-order valence-electron chi connectivity index (χ3n) is 2.90. The number of carbonyl (C=O) groups excluding carboxylic acids is 1. The van der Waals surface area contributed by atoms with Gasteiger partial charge in [0.2, 0.25) is 5.91 Å². The molecule has 18 heavy (non-hydrogen) atoms. The van der Waals surface area contributed by atoms with Gasteiger partial charge in [-0.3, -0.25) is 4.79 Å². The fraction of sp³-hybridized carbons (Fsp3) is 0.500. The highest BCUT2D eigenvalue weighted by molar-refractivity contribution is 9.10. The fourth-order valence-corrected chi connectivity index (χ4v) is 2.04. The molecule has 1 unspecified atom stereocenters. The van der Waals surface area contributed by atoms with Crippen LogP contribution in [0.3, 0.4) is 0 Å². The van der Waals surface area contributed by atoms with Crippen LogP contribution in [0.2, 0.25) is 0 Å². The van der Waals surface area contributed by atoms with Gasteiger partial charge in [0.1, 0.15) is 0 Å². The molecular formula is C14H21BrN2O. The summed E-state index contributed by atoms with van der Waals surface area (Å²) in [5.74, 6) is 0.0198. The van der Waals surface area contributed by atoms with Crippen LogP contribution in [0.4, 0.5) is 0 Å². The monoisotopic (exact) mass is 312 g/mol. The highest BCUT2D eigenvalue weighted by atomic mass is 79.9. The second-order valence-corrected chi connectivity index (χ2v) is 5.49. The molecule has 1 atom stereocenters. The molecule has 0 saturated heterocycles. The average molecular weight is 313 g/mol. The molecule has 0 saturated carbocycles. The van der Waals surface area contributed by atoms with Crippen molar-refractivity contribution in [1.82, 2.24) is 4.90 Å². The lowest BCUT2D eigenvalue weighted by Gasteiger charge is -2.21. The molecular weight excluding hydrogens is 292 g/mol. The van der Waals surface area contributed by atoms with Crippen LogP contribution in [0, 0.1) is 0 Å². The van der Waals surface area contributed by atoms with E-state index in [-0.39, 0.29) is 11.9 Å². The van der Waals surface area contributed by atoms with E-state index >= 15 is 0 Å². The molecule has 3 nitrogen and oxygen atoms in total. The Bertz CT molecular complexity index is 378. The third-order valence-corrected chi connectivity index (χ3v) is 3.42. The Hall–Kier alpha value is -0.870. The predicted octanol–water partition coefficient (Wildman–Crippen LogP) is 2.93. The van der Waals surface area contributed by atoms with Crippen LogP contribution in [-0.4, -0.2) is 23.9 Å². The Morgan fingerprint density at radius 1 is 1.39 bits per heavy atom. The first-order chi connectivity index (χ1) is 8.54. The molecule has 0 fully saturated rings. The number of likely N-dealkylation sites (N-methyl/N-ethyl adjacent to an activating group) is 1. The third kappa shape index (κ3) is 4.78. The van der Waals surface area contributed by atoms with Crippen LogP contribution in [0.5, 0.6) is 0 Å². The van der Waals surface area contributed by atoms with Gasteiger partial charge >= 0.3 is 0 Å². The van der Waals surface area contributed by atoms with Gasteiger partial charge in [-0.25, -0.2) is 0 Å². The minimum absolute atomic E-state index is 0.0198. The topological polar surface area (TPSA) is 46.3 Å². The molecule has 1 aromatic rings. The molecule has 0 spiro atoms. The van der Waals surface area contributed by atoms with Crippen molar-refractivity contribution in [1.29, 1.82) is 0 Å². The number of carbonyl (C=O) groups is 1. The van der Waals surface area contributed by atoms with E-state index in [1.807, 2.05) is 24.3 Å². The summed E-state index contributed by atoms with van der Waals surface area (Å²) < 4.78 is 1.04. The number of hydrogen-bond acceptors (Lipinski definition) is 2. The van der Waals surface area contributed by atoms with Gasteiger partial charge in [-0.1, -0.05) is 47.8 Å². The normalized spacial score (nSPS) is 12.2. The Balaban J connectivity index is 2.51. The molecule has 1 amide bonds. The molecule has 0 aliphatic heterocycles. The number of halogens is 1. The molecule has 0 bridgehead atoms. The zero-order valence-corrected chi connectivity index (χ0v) is 12.6. The molecule has 100 valence electrons. The van der Waals surface area contributed by atoms with Crippen LogP contribution in [0.25, 0.3) is 0 Å². The highest BCUT2D eigenvalue weighted by Crippen LogP contribution is 2.12. The van der Waals surface area contributed by atoms with E-state index in [0.717, 1.165) is 29.3 Å². The van der Waals surface area contributed by atoms with Crippen LogP contribution >= 0.6 is 15.9 Å². The minimum atomic E-state index is -0.370. The van der Waals surface area contributed by atoms with E-state index in [1.54, 1.807) is 11.9 Å². The number of hydrogen-bond donors (Lipinski definition) is 1. The second kappa shape index (κ2) is 7.54. The molecule has 0 aromatic heterocycles. The maximum absolute atomic E-state index is 12.0. The van der Waals surface area contributed by atoms with Crippen molar-refractivity contribution in [2.45, 2.75) is 38.8 Å². The maximum atomic E-state index is 12.0. The SMILES string of the molecule is CCCCC(N)C(=O)N(C)Cc1ccc(Br)cc1. The van der Waals surface area contributed by atoms with Crippen LogP contribution in [0.1, 0.15) is 31.7 Å². The van der Waals surface area contributed by atoms with E-state index in [0.29, 0.717) is 6.54 Å². The summed E-state index contributed by atoms with van der Waals surface area (Å²) in [6, 6.07) is 7.59. The van der Waals surface area contributed by atoms with Crippen molar-refractivity contribution >= 4 is 21.8 Å². The van der Waals surface area contributed by atoms with Gasteiger partial charge < -0.3 is 10.6 Å². The zero-order chi connectivity index (χ0) is 13.5. The predicted molar refractivity (Wildman–Crippen MR) is 78.1 cm³/mol. The number of unbranched alkanes of at least 4 members (excludes halogenated alkanes) is 1. The van der Waals surface area contributed by atoms with E-state index < -0.39 is 0 Å². The molecule has 0 heterocycles. The molecule has 0 aliphatic carbocycles. The molecule has 1 rings (SSSR count). The number of amides is 1. The van der Waals surface area contributed by atoms with Crippen molar-refractivity contribution < 1.29 is 4.79 Å². The van der Waals surface area contributed by atoms with Crippen molar-refractivity contribution in [2.24, 2.45) is 5.73 Å². The van der Waals surface area contributed by atoms with Crippen molar-refractivity contribution in [3.8, 4) is 0 Å². The average Bonchev–Trinajstić information content (AvgIpc) is 2.37. The van der Waals surface area contributed by atoms with Crippen LogP contribution < -0.4 is 5.73 Å². The number of rotatable bonds is 6. The summed E-state index contributed by atoms with van der Waals surface area (Å²) in [7, 11) is 1.80. The van der Waals surface area contributed by atoms with Gasteiger partial charge in [-0.15, -0.1) is 0 Å². The summed E-state index contributed by atoms with van der Waals surface area (Å²) in [5, 5.41) is 0. The lowest BCUT2D eigenvalue weighted by atomic mass is 10.1. The van der Waals surface area contributed by atoms with Crippen molar-refractivity contribution in [3.63, 3.8) is 0 Å². The van der Waals surface area contributed by atoms with Gasteiger partial charge in [-0.2, -0.15) is 0 Å². The number of benzene rings is 1. The Kier molecular flexibility index (Phi) is 6.36. The van der Waals surface area contributed by atoms with Crippen LogP contribution in [-0.2, 0) is 11.3 Å². The summed E-state index contributed by atoms with van der Waals surface area (Å²) >= 11 is 3.39. The van der Waals surface area contributed by atoms with Crippen LogP contribution in [0.15, 0.2) is 28.7 Å². The zero-order valence-electron chi connectivity index (χ0n) is 11.0. The summed E-state index contributed by atoms with van der Waals surface area (Å²) in [6.07, 6.45) is 2.83. The van der Waals surface area contributed by atoms with Gasteiger partial charge in [0.15, 0.2) is 0 Å². The van der Waals surface area contributed by atoms with Gasteiger partial charge in [0, 0.05) is 18.1 Å². The summed E-state index contributed by atoms with van der Waals surface area (Å²) in [6.45, 7) is 2.70. The molecule has 2 N–H and O–H groups in total. The first-order valence-corrected chi connectivity index (χ1v) is 7.09. The van der Waals surface area contributed by atoms with Gasteiger partial charge in [-0.05, 0) is 24.1 Å². The van der Waals surface area contributed by atoms with E-state index in [4.69, 9.17) is 5.73 Å². The fourth-order valence-electron chi connectivity index (χ4n) is 1.77. The first-order valence-electron chi connectivity index (χ1n) is 6.29. The molecule has 1 aromatic carbocycles. The smallest absolute Gasteiger partial charge is 0.239 e. The standard InChI is InChI=1S/C14H21BrN2O/c1-3-4-5-13(16)14(18)17(2)10-11-6-8-12(15)9-7-11/h6-9,13H,3-5,10,16H2,1-2H3. The van der Waals surface area contributed by atoms with E-state index in [9.17, 15) is 4.79 Å². The number of nitrogens with zero attached hydrogens (tertiary/aromatic N) is 1. The lowest BCUT2D eigenvalue weighted by molar-refractivity contribution is -0.132. The van der Waals surface area contributed by atoms with Gasteiger partial charge in [0.25, 0.3) is 0 Å². The van der Waals surface area contributed by atoms with Crippen molar-refractivity contribution in [2.75, 3.05) is 7.05 Å². The molecule has 0 radical (unpaired) electrons. The van der Waals surface area contributed by atoms with Crippen molar-refractivity contribution in [3.05, 3.63) is 34.3 Å². The van der Waals surface area contributed by atoms with Gasteiger partial charge in [0.05, 0.1) is 6.04 Å². The second-order valence-electron chi connectivity index (χ2n) is 4.57. The lowest BCUT2D eigenvalue weighted by Crippen LogP contribution is -2.41. The Labute approximate surface area is 117 Å².